The van der Waals surface area contributed by atoms with Crippen LogP contribution in [0.1, 0.15) is 45.5 Å². The number of carboxylic acids is 2. The third-order valence-corrected chi connectivity index (χ3v) is 3.39. The summed E-state index contributed by atoms with van der Waals surface area (Å²) in [7, 11) is 0. The minimum atomic E-state index is -1.08. The van der Waals surface area contributed by atoms with E-state index in [1.165, 1.54) is 0 Å². The third kappa shape index (κ3) is 2.70. The van der Waals surface area contributed by atoms with Crippen molar-refractivity contribution >= 4 is 17.6 Å². The van der Waals surface area contributed by atoms with Crippen molar-refractivity contribution in [2.75, 3.05) is 18.0 Å². The smallest absolute Gasteiger partial charge is 0.337 e. The van der Waals surface area contributed by atoms with Crippen molar-refractivity contribution in [3.05, 3.63) is 28.8 Å². The van der Waals surface area contributed by atoms with Gasteiger partial charge in [-0.25, -0.2) is 9.59 Å². The molecule has 1 saturated heterocycles. The van der Waals surface area contributed by atoms with Gasteiger partial charge < -0.3 is 15.1 Å². The standard InChI is InChI=1S/C14H17NO4/c1-9-7-10(13(16)17)12(11(8-9)14(18)19)15-5-3-2-4-6-15/h7-8H,2-6H2,1H3,(H,16,17)(H,18,19). The van der Waals surface area contributed by atoms with Gasteiger partial charge in [-0.15, -0.1) is 0 Å². The molecule has 1 aromatic rings. The van der Waals surface area contributed by atoms with E-state index in [0.717, 1.165) is 19.3 Å². The number of aromatic carboxylic acids is 2. The van der Waals surface area contributed by atoms with Crippen molar-refractivity contribution < 1.29 is 19.8 Å². The number of carbonyl (C=O) groups is 2. The molecule has 2 rings (SSSR count). The summed E-state index contributed by atoms with van der Waals surface area (Å²) in [6.45, 7) is 3.13. The van der Waals surface area contributed by atoms with E-state index in [1.807, 2.05) is 4.90 Å². The molecule has 0 unspecified atom stereocenters. The summed E-state index contributed by atoms with van der Waals surface area (Å²) in [5, 5.41) is 18.6. The molecule has 0 aliphatic carbocycles. The summed E-state index contributed by atoms with van der Waals surface area (Å²) >= 11 is 0. The number of hydrogen-bond acceptors (Lipinski definition) is 3. The lowest BCUT2D eigenvalue weighted by Crippen LogP contribution is -2.32. The highest BCUT2D eigenvalue weighted by molar-refractivity contribution is 6.03. The monoisotopic (exact) mass is 263 g/mol. The fraction of sp³-hybridized carbons (Fsp3) is 0.429. The van der Waals surface area contributed by atoms with Gasteiger partial charge in [0.15, 0.2) is 0 Å². The third-order valence-electron chi connectivity index (χ3n) is 3.39. The number of rotatable bonds is 3. The average molecular weight is 263 g/mol. The first-order chi connectivity index (χ1) is 9.00. The van der Waals surface area contributed by atoms with Crippen molar-refractivity contribution in [1.82, 2.24) is 0 Å². The van der Waals surface area contributed by atoms with Crippen LogP contribution < -0.4 is 4.90 Å². The Labute approximate surface area is 111 Å². The Bertz CT molecular complexity index is 483. The second-order valence-electron chi connectivity index (χ2n) is 4.87. The normalized spacial score (nSPS) is 15.3. The Balaban J connectivity index is 2.59. The van der Waals surface area contributed by atoms with Crippen LogP contribution in [0.2, 0.25) is 0 Å². The predicted molar refractivity (Wildman–Crippen MR) is 71.2 cm³/mol. The van der Waals surface area contributed by atoms with Crippen molar-refractivity contribution in [1.29, 1.82) is 0 Å². The molecule has 19 heavy (non-hydrogen) atoms. The summed E-state index contributed by atoms with van der Waals surface area (Å²) in [4.78, 5) is 24.6. The number of carboxylic acid groups (broad SMARTS) is 2. The van der Waals surface area contributed by atoms with Crippen LogP contribution in [0.5, 0.6) is 0 Å². The number of piperidine rings is 1. The molecule has 0 amide bonds. The van der Waals surface area contributed by atoms with Crippen molar-refractivity contribution in [3.8, 4) is 0 Å². The van der Waals surface area contributed by atoms with Crippen LogP contribution in [0.15, 0.2) is 12.1 Å². The second-order valence-corrected chi connectivity index (χ2v) is 4.87. The summed E-state index contributed by atoms with van der Waals surface area (Å²) in [5.74, 6) is -2.15. The molecule has 5 heteroatoms. The van der Waals surface area contributed by atoms with Gasteiger partial charge in [0.25, 0.3) is 0 Å². The van der Waals surface area contributed by atoms with Gasteiger partial charge >= 0.3 is 11.9 Å². The van der Waals surface area contributed by atoms with Gasteiger partial charge in [0.1, 0.15) is 0 Å². The molecule has 1 aromatic carbocycles. The molecule has 1 heterocycles. The Morgan fingerprint density at radius 3 is 1.89 bits per heavy atom. The Hall–Kier alpha value is -2.04. The molecular weight excluding hydrogens is 246 g/mol. The molecule has 0 saturated carbocycles. The molecule has 0 radical (unpaired) electrons. The van der Waals surface area contributed by atoms with E-state index in [9.17, 15) is 19.8 Å². The summed E-state index contributed by atoms with van der Waals surface area (Å²) in [5.41, 5.74) is 1.17. The Morgan fingerprint density at radius 1 is 1.00 bits per heavy atom. The van der Waals surface area contributed by atoms with Crippen molar-refractivity contribution in [3.63, 3.8) is 0 Å². The summed E-state index contributed by atoms with van der Waals surface area (Å²) in [6, 6.07) is 3.08. The molecule has 5 nitrogen and oxygen atoms in total. The predicted octanol–water partition coefficient (Wildman–Crippen LogP) is 2.38. The van der Waals surface area contributed by atoms with E-state index in [4.69, 9.17) is 0 Å². The van der Waals surface area contributed by atoms with Crippen LogP contribution in [0.3, 0.4) is 0 Å². The molecule has 0 aromatic heterocycles. The van der Waals surface area contributed by atoms with Gasteiger partial charge in [0.2, 0.25) is 0 Å². The molecule has 0 spiro atoms. The number of nitrogens with zero attached hydrogens (tertiary/aromatic N) is 1. The van der Waals surface area contributed by atoms with E-state index in [2.05, 4.69) is 0 Å². The van der Waals surface area contributed by atoms with Crippen molar-refractivity contribution in [2.24, 2.45) is 0 Å². The maximum atomic E-state index is 11.4. The number of hydrogen-bond donors (Lipinski definition) is 2. The van der Waals surface area contributed by atoms with Crippen LogP contribution in [-0.4, -0.2) is 35.2 Å². The SMILES string of the molecule is Cc1cc(C(=O)O)c(N2CCCCC2)c(C(=O)O)c1. The van der Waals surface area contributed by atoms with E-state index < -0.39 is 11.9 Å². The topological polar surface area (TPSA) is 77.8 Å². The maximum absolute atomic E-state index is 11.4. The summed E-state index contributed by atoms with van der Waals surface area (Å²) in [6.07, 6.45) is 3.03. The Kier molecular flexibility index (Phi) is 3.74. The molecule has 1 aliphatic rings. The van der Waals surface area contributed by atoms with Crippen molar-refractivity contribution in [2.45, 2.75) is 26.2 Å². The lowest BCUT2D eigenvalue weighted by molar-refractivity contribution is 0.0696. The minimum absolute atomic E-state index is 0.0827. The quantitative estimate of drug-likeness (QED) is 0.875. The average Bonchev–Trinajstić information content (AvgIpc) is 2.38. The van der Waals surface area contributed by atoms with Crippen LogP contribution in [0.4, 0.5) is 5.69 Å². The first kappa shape index (κ1) is 13.4. The number of aryl methyl sites for hydroxylation is 1. The lowest BCUT2D eigenvalue weighted by atomic mass is 10.00. The zero-order chi connectivity index (χ0) is 14.0. The molecular formula is C14H17NO4. The van der Waals surface area contributed by atoms with Gasteiger partial charge in [-0.3, -0.25) is 0 Å². The van der Waals surface area contributed by atoms with Gasteiger partial charge in [0, 0.05) is 13.1 Å². The van der Waals surface area contributed by atoms with E-state index >= 15 is 0 Å². The summed E-state index contributed by atoms with van der Waals surface area (Å²) < 4.78 is 0. The fourth-order valence-corrected chi connectivity index (χ4v) is 2.56. The first-order valence-electron chi connectivity index (χ1n) is 6.37. The lowest BCUT2D eigenvalue weighted by Gasteiger charge is -2.31. The highest BCUT2D eigenvalue weighted by atomic mass is 16.4. The highest BCUT2D eigenvalue weighted by Crippen LogP contribution is 2.30. The zero-order valence-electron chi connectivity index (χ0n) is 10.8. The number of anilines is 1. The molecule has 102 valence electrons. The van der Waals surface area contributed by atoms with Gasteiger partial charge in [0.05, 0.1) is 16.8 Å². The molecule has 0 bridgehead atoms. The molecule has 1 aliphatic heterocycles. The Morgan fingerprint density at radius 2 is 1.47 bits per heavy atom. The fourth-order valence-electron chi connectivity index (χ4n) is 2.56. The largest absolute Gasteiger partial charge is 0.478 e. The van der Waals surface area contributed by atoms with Crippen LogP contribution in [0, 0.1) is 6.92 Å². The zero-order valence-corrected chi connectivity index (χ0v) is 10.8. The van der Waals surface area contributed by atoms with Crippen LogP contribution in [0.25, 0.3) is 0 Å². The van der Waals surface area contributed by atoms with Crippen LogP contribution >= 0.6 is 0 Å². The van der Waals surface area contributed by atoms with Gasteiger partial charge in [-0.05, 0) is 43.9 Å². The van der Waals surface area contributed by atoms with E-state index in [-0.39, 0.29) is 11.1 Å². The minimum Gasteiger partial charge on any atom is -0.478 e. The van der Waals surface area contributed by atoms with E-state index in [1.54, 1.807) is 19.1 Å². The maximum Gasteiger partial charge on any atom is 0.337 e. The van der Waals surface area contributed by atoms with Gasteiger partial charge in [-0.2, -0.15) is 0 Å². The number of benzene rings is 1. The van der Waals surface area contributed by atoms with Gasteiger partial charge in [-0.1, -0.05) is 0 Å². The molecule has 1 fully saturated rings. The van der Waals surface area contributed by atoms with Crippen LogP contribution in [-0.2, 0) is 0 Å². The van der Waals surface area contributed by atoms with E-state index in [0.29, 0.717) is 24.3 Å². The molecule has 0 atom stereocenters. The highest BCUT2D eigenvalue weighted by Gasteiger charge is 2.25. The molecule has 2 N–H and O–H groups in total. The first-order valence-corrected chi connectivity index (χ1v) is 6.37. The second kappa shape index (κ2) is 5.30.